The van der Waals surface area contributed by atoms with Crippen LogP contribution in [0.25, 0.3) is 16.3 Å². The summed E-state index contributed by atoms with van der Waals surface area (Å²) in [7, 11) is 2.12. The van der Waals surface area contributed by atoms with E-state index in [-0.39, 0.29) is 30.6 Å². The number of benzene rings is 2. The molecule has 0 saturated heterocycles. The van der Waals surface area contributed by atoms with E-state index in [9.17, 15) is 5.11 Å². The smallest absolute Gasteiger partial charge is 0.265 e. The van der Waals surface area contributed by atoms with Crippen LogP contribution in [-0.4, -0.2) is 18.8 Å². The Morgan fingerprint density at radius 1 is 1.20 bits per heavy atom. The van der Waals surface area contributed by atoms with Crippen LogP contribution in [0.4, 0.5) is 5.69 Å². The molecule has 2 aromatic carbocycles. The molecule has 2 heterocycles. The molecule has 0 bridgehead atoms. The number of hydrogen-bond acceptors (Lipinski definition) is 4. The lowest BCUT2D eigenvalue weighted by molar-refractivity contribution is -0.670. The number of aliphatic hydroxyl groups is 1. The lowest BCUT2D eigenvalue weighted by Crippen LogP contribution is -3.00. The Morgan fingerprint density at radius 3 is 2.80 bits per heavy atom. The molecular formula is C19H19IN2OS2. The van der Waals surface area contributed by atoms with Crippen molar-refractivity contribution >= 4 is 45.1 Å². The fourth-order valence-electron chi connectivity index (χ4n) is 3.00. The molecule has 0 unspecified atom stereocenters. The molecule has 1 N–H and O–H groups in total. The quantitative estimate of drug-likeness (QED) is 0.447. The van der Waals surface area contributed by atoms with Gasteiger partial charge < -0.3 is 34.0 Å². The average molecular weight is 482 g/mol. The molecule has 0 fully saturated rings. The van der Waals surface area contributed by atoms with Crippen molar-refractivity contribution in [2.45, 2.75) is 18.4 Å². The van der Waals surface area contributed by atoms with E-state index >= 15 is 0 Å². The number of nitrogens with zero attached hydrogens (tertiary/aromatic N) is 2. The summed E-state index contributed by atoms with van der Waals surface area (Å²) in [6, 6.07) is 15.0. The maximum atomic E-state index is 9.45. The number of hydrogen-bond donors (Lipinski definition) is 1. The zero-order valence-corrected chi connectivity index (χ0v) is 17.9. The number of thioether (sulfide) groups is 1. The largest absolute Gasteiger partial charge is 1.00 e. The summed E-state index contributed by atoms with van der Waals surface area (Å²) in [4.78, 5) is 3.55. The van der Waals surface area contributed by atoms with Crippen LogP contribution in [0.2, 0.25) is 0 Å². The van der Waals surface area contributed by atoms with E-state index in [1.165, 1.54) is 36.4 Å². The van der Waals surface area contributed by atoms with Crippen LogP contribution in [0.3, 0.4) is 0 Å². The predicted molar refractivity (Wildman–Crippen MR) is 103 cm³/mol. The van der Waals surface area contributed by atoms with Crippen molar-refractivity contribution in [2.24, 2.45) is 0 Å². The van der Waals surface area contributed by atoms with Crippen molar-refractivity contribution in [2.75, 3.05) is 18.6 Å². The first kappa shape index (κ1) is 18.7. The highest BCUT2D eigenvalue weighted by Crippen LogP contribution is 2.46. The minimum atomic E-state index is 0. The summed E-state index contributed by atoms with van der Waals surface area (Å²) in [5.74, 6) is 0. The fraction of sp³-hybridized carbons (Fsp3) is 0.211. The van der Waals surface area contributed by atoms with Crippen LogP contribution >= 0.6 is 23.1 Å². The highest BCUT2D eigenvalue weighted by Gasteiger charge is 2.25. The molecule has 0 radical (unpaired) electrons. The summed E-state index contributed by atoms with van der Waals surface area (Å²) in [5.41, 5.74) is 3.73. The van der Waals surface area contributed by atoms with E-state index in [4.69, 9.17) is 0 Å². The molecule has 0 spiro atoms. The summed E-state index contributed by atoms with van der Waals surface area (Å²) in [6.45, 7) is 2.88. The first-order valence-corrected chi connectivity index (χ1v) is 9.57. The molecule has 0 aliphatic carbocycles. The number of para-hydroxylation sites is 1. The molecule has 4 rings (SSSR count). The van der Waals surface area contributed by atoms with Gasteiger partial charge in [-0.2, -0.15) is 4.57 Å². The van der Waals surface area contributed by atoms with Crippen LogP contribution in [-0.2, 0) is 6.54 Å². The number of aryl methyl sites for hydroxylation is 1. The lowest BCUT2D eigenvalue weighted by atomic mass is 10.2. The Labute approximate surface area is 173 Å². The average Bonchev–Trinajstić information content (AvgIpc) is 3.08. The van der Waals surface area contributed by atoms with Gasteiger partial charge in [0.05, 0.1) is 16.8 Å². The molecule has 1 aromatic heterocycles. The van der Waals surface area contributed by atoms with E-state index in [0.29, 0.717) is 6.54 Å². The van der Waals surface area contributed by atoms with Crippen molar-refractivity contribution in [3.63, 3.8) is 0 Å². The Hall–Kier alpha value is -1.09. The molecule has 0 atom stereocenters. The van der Waals surface area contributed by atoms with E-state index in [1.807, 2.05) is 0 Å². The van der Waals surface area contributed by atoms with Gasteiger partial charge in [-0.3, -0.25) is 0 Å². The van der Waals surface area contributed by atoms with Gasteiger partial charge in [0.1, 0.15) is 11.3 Å². The molecule has 6 heteroatoms. The van der Waals surface area contributed by atoms with Crippen LogP contribution in [0.1, 0.15) is 10.6 Å². The number of fused-ring (bicyclic) bond motifs is 2. The second kappa shape index (κ2) is 7.65. The minimum Gasteiger partial charge on any atom is -1.00 e. The normalized spacial score (nSPS) is 14.8. The highest BCUT2D eigenvalue weighted by atomic mass is 127. The van der Waals surface area contributed by atoms with Gasteiger partial charge in [-0.05, 0) is 30.7 Å². The van der Waals surface area contributed by atoms with Gasteiger partial charge >= 0.3 is 0 Å². The Morgan fingerprint density at radius 2 is 2.00 bits per heavy atom. The van der Waals surface area contributed by atoms with Gasteiger partial charge in [0, 0.05) is 18.0 Å². The Bertz CT molecular complexity index is 952. The molecule has 1 aliphatic heterocycles. The third kappa shape index (κ3) is 3.45. The molecule has 3 aromatic rings. The Kier molecular flexibility index (Phi) is 5.72. The van der Waals surface area contributed by atoms with Crippen molar-refractivity contribution in [1.29, 1.82) is 0 Å². The van der Waals surface area contributed by atoms with E-state index in [2.05, 4.69) is 72.0 Å². The van der Waals surface area contributed by atoms with E-state index < -0.39 is 0 Å². The van der Waals surface area contributed by atoms with Gasteiger partial charge in [0.15, 0.2) is 6.54 Å². The maximum Gasteiger partial charge on any atom is 0.265 e. The van der Waals surface area contributed by atoms with Crippen molar-refractivity contribution in [1.82, 2.24) is 0 Å². The van der Waals surface area contributed by atoms with Crippen molar-refractivity contribution < 1.29 is 33.7 Å². The zero-order chi connectivity index (χ0) is 16.7. The lowest BCUT2D eigenvalue weighted by Gasteiger charge is -2.13. The Balaban J connectivity index is 0.00000182. The second-order valence-corrected chi connectivity index (χ2v) is 8.02. The van der Waals surface area contributed by atoms with Crippen molar-refractivity contribution in [3.05, 3.63) is 58.1 Å². The maximum absolute atomic E-state index is 9.45. The fourth-order valence-corrected chi connectivity index (χ4v) is 5.27. The van der Waals surface area contributed by atoms with Gasteiger partial charge in [-0.25, -0.2) is 0 Å². The van der Waals surface area contributed by atoms with Gasteiger partial charge in [-0.1, -0.05) is 41.3 Å². The zero-order valence-electron chi connectivity index (χ0n) is 14.1. The summed E-state index contributed by atoms with van der Waals surface area (Å²) in [5, 5.41) is 11.8. The van der Waals surface area contributed by atoms with E-state index in [0.717, 1.165) is 0 Å². The van der Waals surface area contributed by atoms with Crippen LogP contribution in [0.5, 0.6) is 0 Å². The van der Waals surface area contributed by atoms with Crippen molar-refractivity contribution in [3.8, 4) is 0 Å². The molecule has 1 aliphatic rings. The SMILES string of the molecule is Cc1ccc2c(c1)N(C)/C(=C/c1sc3ccccc3[n+]1CCO)S2.[I-]. The first-order valence-electron chi connectivity index (χ1n) is 7.93. The third-order valence-corrected chi connectivity index (χ3v) is 6.51. The van der Waals surface area contributed by atoms with Crippen LogP contribution in [0, 0.1) is 6.92 Å². The molecule has 0 saturated carbocycles. The topological polar surface area (TPSA) is 27.4 Å². The third-order valence-electron chi connectivity index (χ3n) is 4.23. The van der Waals surface area contributed by atoms with Gasteiger partial charge in [0.2, 0.25) is 5.52 Å². The summed E-state index contributed by atoms with van der Waals surface area (Å²) >= 11 is 3.57. The van der Waals surface area contributed by atoms with E-state index in [1.54, 1.807) is 23.1 Å². The first-order chi connectivity index (χ1) is 11.7. The number of aliphatic hydroxyl groups excluding tert-OH is 1. The number of rotatable bonds is 3. The predicted octanol–water partition coefficient (Wildman–Crippen LogP) is 1.03. The monoisotopic (exact) mass is 482 g/mol. The number of thiazole rings is 1. The van der Waals surface area contributed by atoms with Gasteiger partial charge in [0.25, 0.3) is 5.01 Å². The summed E-state index contributed by atoms with van der Waals surface area (Å²) < 4.78 is 3.45. The number of aromatic nitrogens is 1. The molecule has 25 heavy (non-hydrogen) atoms. The molecule has 3 nitrogen and oxygen atoms in total. The van der Waals surface area contributed by atoms with Gasteiger partial charge in [-0.15, -0.1) is 0 Å². The molecular weight excluding hydrogens is 463 g/mol. The number of halogens is 1. The summed E-state index contributed by atoms with van der Waals surface area (Å²) in [6.07, 6.45) is 2.24. The number of anilines is 1. The standard InChI is InChI=1S/C19H19N2OS2.HI/c1-13-7-8-17-15(11-13)20(2)18(23-17)12-19-21(9-10-22)14-5-3-4-6-16(14)24-19;/h3-8,11-12,22H,9-10H2,1-2H3;1H/q+1;/p-1. The highest BCUT2D eigenvalue weighted by molar-refractivity contribution is 8.03. The second-order valence-electron chi connectivity index (χ2n) is 5.90. The molecule has 130 valence electrons. The van der Waals surface area contributed by atoms with Crippen LogP contribution in [0.15, 0.2) is 52.4 Å². The minimum absolute atomic E-state index is 0. The van der Waals surface area contributed by atoms with Crippen LogP contribution < -0.4 is 33.4 Å². The molecule has 0 amide bonds.